The molecule has 5 heteroatoms. The average Bonchev–Trinajstić information content (AvgIpc) is 2.19. The summed E-state index contributed by atoms with van der Waals surface area (Å²) in [6.45, 7) is 4.06. The molecule has 0 aliphatic heterocycles. The molecule has 0 aliphatic carbocycles. The van der Waals surface area contributed by atoms with Gasteiger partial charge in [-0.2, -0.15) is 12.6 Å². The molecule has 0 unspecified atom stereocenters. The quantitative estimate of drug-likeness (QED) is 0.436. The Morgan fingerprint density at radius 3 is 2.64 bits per heavy atom. The number of aryl methyl sites for hydroxylation is 1. The molecule has 0 aliphatic rings. The van der Waals surface area contributed by atoms with Gasteiger partial charge in [-0.15, -0.1) is 0 Å². The average molecular weight is 212 g/mol. The van der Waals surface area contributed by atoms with E-state index < -0.39 is 11.1 Å². The summed E-state index contributed by atoms with van der Waals surface area (Å²) in [5.74, 6) is 0.502. The van der Waals surface area contributed by atoms with Gasteiger partial charge in [0.25, 0.3) is 0 Å². The van der Waals surface area contributed by atoms with Crippen LogP contribution in [0, 0.1) is 0 Å². The van der Waals surface area contributed by atoms with Gasteiger partial charge in [-0.3, -0.25) is 9.59 Å². The SMILES string of the molecule is C=C(CS)Cn1ccn(C)c(=O)c1=O. The van der Waals surface area contributed by atoms with E-state index in [4.69, 9.17) is 0 Å². The third-order valence-corrected chi connectivity index (χ3v) is 2.30. The summed E-state index contributed by atoms with van der Waals surface area (Å²) >= 11 is 4.03. The standard InChI is InChI=1S/C9H12N2O2S/c1-7(6-14)5-11-4-3-10(2)8(12)9(11)13/h3-4,14H,1,5-6H2,2H3. The number of hydrogen-bond acceptors (Lipinski definition) is 3. The highest BCUT2D eigenvalue weighted by molar-refractivity contribution is 7.80. The van der Waals surface area contributed by atoms with E-state index in [0.29, 0.717) is 12.3 Å². The van der Waals surface area contributed by atoms with Gasteiger partial charge >= 0.3 is 11.1 Å². The summed E-state index contributed by atoms with van der Waals surface area (Å²) < 4.78 is 2.59. The maximum Gasteiger partial charge on any atom is 0.316 e. The number of hydrogen-bond donors (Lipinski definition) is 1. The summed E-state index contributed by atoms with van der Waals surface area (Å²) in [5, 5.41) is 0. The van der Waals surface area contributed by atoms with E-state index >= 15 is 0 Å². The Morgan fingerprint density at radius 1 is 1.43 bits per heavy atom. The second-order valence-electron chi connectivity index (χ2n) is 3.06. The van der Waals surface area contributed by atoms with Crippen LogP contribution in [0.4, 0.5) is 0 Å². The normalized spacial score (nSPS) is 10.1. The minimum atomic E-state index is -0.530. The number of thiol groups is 1. The summed E-state index contributed by atoms with van der Waals surface area (Å²) in [6, 6.07) is 0. The summed E-state index contributed by atoms with van der Waals surface area (Å²) in [5.41, 5.74) is -0.263. The fraction of sp³-hybridized carbons (Fsp3) is 0.333. The second-order valence-corrected chi connectivity index (χ2v) is 3.37. The highest BCUT2D eigenvalue weighted by atomic mass is 32.1. The molecule has 0 saturated carbocycles. The lowest BCUT2D eigenvalue weighted by atomic mass is 10.3. The maximum absolute atomic E-state index is 11.4. The van der Waals surface area contributed by atoms with E-state index in [9.17, 15) is 9.59 Å². The smallest absolute Gasteiger partial charge is 0.312 e. The molecule has 0 N–H and O–H groups in total. The molecule has 76 valence electrons. The van der Waals surface area contributed by atoms with Gasteiger partial charge in [0.1, 0.15) is 0 Å². The monoisotopic (exact) mass is 212 g/mol. The molecule has 1 rings (SSSR count). The van der Waals surface area contributed by atoms with Crippen molar-refractivity contribution in [3.05, 3.63) is 45.3 Å². The number of nitrogens with zero attached hydrogens (tertiary/aromatic N) is 2. The Hall–Kier alpha value is -1.23. The molecule has 1 heterocycles. The molecule has 0 saturated heterocycles. The van der Waals surface area contributed by atoms with Gasteiger partial charge in [0.05, 0.1) is 0 Å². The zero-order chi connectivity index (χ0) is 10.7. The van der Waals surface area contributed by atoms with Crippen molar-refractivity contribution in [1.82, 2.24) is 9.13 Å². The van der Waals surface area contributed by atoms with Gasteiger partial charge in [-0.05, 0) is 5.57 Å². The first kappa shape index (κ1) is 10.8. The molecular weight excluding hydrogens is 200 g/mol. The first-order valence-electron chi connectivity index (χ1n) is 4.10. The highest BCUT2D eigenvalue weighted by Gasteiger charge is 2.02. The Morgan fingerprint density at radius 2 is 2.07 bits per heavy atom. The van der Waals surface area contributed by atoms with Crippen LogP contribution < -0.4 is 11.1 Å². The van der Waals surface area contributed by atoms with Crippen LogP contribution in [-0.4, -0.2) is 14.9 Å². The first-order chi connectivity index (χ1) is 6.56. The third kappa shape index (κ3) is 2.17. The Bertz CT molecular complexity index is 459. The van der Waals surface area contributed by atoms with Gasteiger partial charge in [0.15, 0.2) is 0 Å². The van der Waals surface area contributed by atoms with Crippen LogP contribution in [0.25, 0.3) is 0 Å². The lowest BCUT2D eigenvalue weighted by Crippen LogP contribution is -2.39. The lowest BCUT2D eigenvalue weighted by molar-refractivity contribution is 0.690. The summed E-state index contributed by atoms with van der Waals surface area (Å²) in [7, 11) is 1.54. The molecule has 1 aromatic heterocycles. The van der Waals surface area contributed by atoms with E-state index in [-0.39, 0.29) is 0 Å². The van der Waals surface area contributed by atoms with Crippen LogP contribution in [0.15, 0.2) is 34.1 Å². The van der Waals surface area contributed by atoms with Crippen molar-refractivity contribution < 1.29 is 0 Å². The molecule has 14 heavy (non-hydrogen) atoms. The van der Waals surface area contributed by atoms with Crippen LogP contribution in [0.5, 0.6) is 0 Å². The molecule has 0 amide bonds. The molecule has 0 fully saturated rings. The van der Waals surface area contributed by atoms with Crippen molar-refractivity contribution in [2.75, 3.05) is 5.75 Å². The molecule has 0 bridgehead atoms. The Balaban J connectivity index is 3.13. The van der Waals surface area contributed by atoms with Crippen molar-refractivity contribution in [3.8, 4) is 0 Å². The van der Waals surface area contributed by atoms with E-state index in [1.54, 1.807) is 19.4 Å². The van der Waals surface area contributed by atoms with Crippen molar-refractivity contribution in [2.24, 2.45) is 7.05 Å². The first-order valence-corrected chi connectivity index (χ1v) is 4.73. The molecule has 0 radical (unpaired) electrons. The van der Waals surface area contributed by atoms with E-state index in [1.165, 1.54) is 9.13 Å². The fourth-order valence-corrected chi connectivity index (χ4v) is 1.10. The largest absolute Gasteiger partial charge is 0.316 e. The molecular formula is C9H12N2O2S. The number of rotatable bonds is 3. The van der Waals surface area contributed by atoms with Crippen LogP contribution in [0.3, 0.4) is 0 Å². The predicted molar refractivity (Wildman–Crippen MR) is 58.9 cm³/mol. The predicted octanol–water partition coefficient (Wildman–Crippen LogP) is 0.0330. The van der Waals surface area contributed by atoms with Gasteiger partial charge in [0.2, 0.25) is 0 Å². The van der Waals surface area contributed by atoms with Crippen molar-refractivity contribution >= 4 is 12.6 Å². The molecule has 4 nitrogen and oxygen atoms in total. The fourth-order valence-electron chi connectivity index (χ4n) is 1.00. The van der Waals surface area contributed by atoms with E-state index in [0.717, 1.165) is 5.57 Å². The van der Waals surface area contributed by atoms with Crippen LogP contribution in [-0.2, 0) is 13.6 Å². The Labute approximate surface area is 86.9 Å². The molecule has 0 spiro atoms. The highest BCUT2D eigenvalue weighted by Crippen LogP contribution is 1.95. The molecule has 0 atom stereocenters. The Kier molecular flexibility index (Phi) is 3.35. The van der Waals surface area contributed by atoms with Crippen LogP contribution in [0.2, 0.25) is 0 Å². The van der Waals surface area contributed by atoms with Crippen LogP contribution in [0.1, 0.15) is 0 Å². The number of aromatic nitrogens is 2. The second kappa shape index (κ2) is 4.32. The van der Waals surface area contributed by atoms with Crippen molar-refractivity contribution in [3.63, 3.8) is 0 Å². The van der Waals surface area contributed by atoms with E-state index in [2.05, 4.69) is 19.2 Å². The molecule has 1 aromatic rings. The minimum absolute atomic E-state index is 0.346. The van der Waals surface area contributed by atoms with E-state index in [1.807, 2.05) is 0 Å². The van der Waals surface area contributed by atoms with Gasteiger partial charge < -0.3 is 9.13 Å². The van der Waals surface area contributed by atoms with Crippen molar-refractivity contribution in [2.45, 2.75) is 6.54 Å². The minimum Gasteiger partial charge on any atom is -0.312 e. The third-order valence-electron chi connectivity index (χ3n) is 1.85. The van der Waals surface area contributed by atoms with Gasteiger partial charge in [0, 0.05) is 31.7 Å². The van der Waals surface area contributed by atoms with Crippen molar-refractivity contribution in [1.29, 1.82) is 0 Å². The summed E-state index contributed by atoms with van der Waals surface area (Å²) in [4.78, 5) is 22.6. The summed E-state index contributed by atoms with van der Waals surface area (Å²) in [6.07, 6.45) is 3.12. The zero-order valence-electron chi connectivity index (χ0n) is 7.93. The zero-order valence-corrected chi connectivity index (χ0v) is 8.83. The topological polar surface area (TPSA) is 44.0 Å². The van der Waals surface area contributed by atoms with Gasteiger partial charge in [-0.25, -0.2) is 0 Å². The lowest BCUT2D eigenvalue weighted by Gasteiger charge is -2.06. The van der Waals surface area contributed by atoms with Crippen LogP contribution >= 0.6 is 12.6 Å². The maximum atomic E-state index is 11.4. The molecule has 0 aromatic carbocycles. The van der Waals surface area contributed by atoms with Gasteiger partial charge in [-0.1, -0.05) is 6.58 Å².